The molecule has 3 aliphatic heterocycles. The third kappa shape index (κ3) is 3.70. The molecule has 2 aromatic heterocycles. The average molecular weight is 460 g/mol. The van der Waals surface area contributed by atoms with E-state index in [1.165, 1.54) is 19.3 Å². The molecular weight excluding hydrogens is 430 g/mol. The van der Waals surface area contributed by atoms with Gasteiger partial charge in [0.25, 0.3) is 5.88 Å². The Balaban J connectivity index is 1.21. The first kappa shape index (κ1) is 20.5. The van der Waals surface area contributed by atoms with Gasteiger partial charge in [-0.05, 0) is 45.4 Å². The van der Waals surface area contributed by atoms with E-state index in [1.807, 2.05) is 0 Å². The molecule has 2 aromatic rings. The van der Waals surface area contributed by atoms with Gasteiger partial charge in [-0.3, -0.25) is 9.58 Å². The lowest BCUT2D eigenvalue weighted by molar-refractivity contribution is 0.000597. The van der Waals surface area contributed by atoms with Gasteiger partial charge in [0.1, 0.15) is 10.7 Å². The van der Waals surface area contributed by atoms with Crippen LogP contribution in [0, 0.1) is 6.92 Å². The first-order valence-corrected chi connectivity index (χ1v) is 12.2. The fraction of sp³-hybridized carbons (Fsp3) is 0.682. The van der Waals surface area contributed by atoms with Gasteiger partial charge in [0.15, 0.2) is 5.82 Å². The highest BCUT2D eigenvalue weighted by Crippen LogP contribution is 2.40. The highest BCUT2D eigenvalue weighted by Gasteiger charge is 2.43. The minimum Gasteiger partial charge on any atom is -0.475 e. The van der Waals surface area contributed by atoms with Crippen LogP contribution in [0.2, 0.25) is 5.02 Å². The van der Waals surface area contributed by atoms with Crippen molar-refractivity contribution in [2.75, 3.05) is 36.9 Å². The number of nitrogens with zero attached hydrogens (tertiary/aromatic N) is 5. The number of nitrogens with one attached hydrogen (secondary N) is 2. The van der Waals surface area contributed by atoms with Crippen molar-refractivity contribution in [1.82, 2.24) is 24.6 Å². The highest BCUT2D eigenvalue weighted by molar-refractivity contribution is 6.32. The molecule has 1 aliphatic carbocycles. The standard InChI is InChI=1S/C22H30ClN7O2/c1-13-19-21(31-8-2-7-24-20-18(23)10-25-22(26-19)27-20)28-30(13)15-5-3-14(4-6-15)29-11-17-9-16(29)12-32-17/h10,14-17H,2-9,11-12H2,1H3,(H2,24,25,26,27)/t14?,15?,16-,17-/m0/s1. The van der Waals surface area contributed by atoms with Gasteiger partial charge in [-0.1, -0.05) is 11.6 Å². The van der Waals surface area contributed by atoms with E-state index in [4.69, 9.17) is 26.2 Å². The van der Waals surface area contributed by atoms with Crippen LogP contribution < -0.4 is 15.4 Å². The van der Waals surface area contributed by atoms with E-state index >= 15 is 0 Å². The third-order valence-corrected chi connectivity index (χ3v) is 7.65. The quantitative estimate of drug-likeness (QED) is 0.705. The number of hydrogen-bond donors (Lipinski definition) is 2. The summed E-state index contributed by atoms with van der Waals surface area (Å²) in [6, 6.07) is 1.71. The van der Waals surface area contributed by atoms with Gasteiger partial charge >= 0.3 is 0 Å². The molecule has 172 valence electrons. The lowest BCUT2D eigenvalue weighted by Gasteiger charge is -2.39. The van der Waals surface area contributed by atoms with E-state index < -0.39 is 0 Å². The van der Waals surface area contributed by atoms with Crippen molar-refractivity contribution in [3.8, 4) is 5.88 Å². The maximum Gasteiger partial charge on any atom is 0.257 e. The molecule has 0 spiro atoms. The van der Waals surface area contributed by atoms with Gasteiger partial charge in [-0.15, -0.1) is 5.10 Å². The topological polar surface area (TPSA) is 89.4 Å². The molecule has 4 bridgehead atoms. The van der Waals surface area contributed by atoms with E-state index in [2.05, 4.69) is 37.1 Å². The van der Waals surface area contributed by atoms with E-state index in [0.717, 1.165) is 50.3 Å². The summed E-state index contributed by atoms with van der Waals surface area (Å²) in [5.41, 5.74) is 1.90. The van der Waals surface area contributed by atoms with Crippen LogP contribution in [0.15, 0.2) is 6.20 Å². The summed E-state index contributed by atoms with van der Waals surface area (Å²) in [7, 11) is 0. The second kappa shape index (κ2) is 8.35. The molecule has 3 fully saturated rings. The number of fused-ring (bicyclic) bond motifs is 5. The van der Waals surface area contributed by atoms with Crippen LogP contribution in [0.5, 0.6) is 5.88 Å². The second-order valence-electron chi connectivity index (χ2n) is 9.36. The number of likely N-dealkylation sites (tertiary alicyclic amines) is 1. The average Bonchev–Trinajstić information content (AvgIpc) is 3.51. The van der Waals surface area contributed by atoms with E-state index in [1.54, 1.807) is 6.20 Å². The Morgan fingerprint density at radius 2 is 2.00 bits per heavy atom. The first-order chi connectivity index (χ1) is 15.7. The van der Waals surface area contributed by atoms with Crippen LogP contribution in [-0.2, 0) is 4.74 Å². The van der Waals surface area contributed by atoms with Crippen LogP contribution in [0.25, 0.3) is 0 Å². The normalized spacial score (nSPS) is 30.1. The molecule has 0 radical (unpaired) electrons. The molecule has 2 atom stereocenters. The zero-order valence-corrected chi connectivity index (χ0v) is 19.1. The summed E-state index contributed by atoms with van der Waals surface area (Å²) < 4.78 is 14.0. The van der Waals surface area contributed by atoms with Crippen molar-refractivity contribution >= 4 is 29.1 Å². The Morgan fingerprint density at radius 1 is 1.16 bits per heavy atom. The van der Waals surface area contributed by atoms with Crippen molar-refractivity contribution < 1.29 is 9.47 Å². The summed E-state index contributed by atoms with van der Waals surface area (Å²) in [5.74, 6) is 1.75. The Hall–Kier alpha value is -2.10. The molecule has 2 saturated heterocycles. The van der Waals surface area contributed by atoms with Crippen LogP contribution in [0.1, 0.15) is 50.3 Å². The fourth-order valence-electron chi connectivity index (χ4n) is 5.71. The Kier molecular flexibility index (Phi) is 5.35. The third-order valence-electron chi connectivity index (χ3n) is 7.37. The van der Waals surface area contributed by atoms with Gasteiger partial charge < -0.3 is 20.1 Å². The van der Waals surface area contributed by atoms with E-state index in [0.29, 0.717) is 53.5 Å². The highest BCUT2D eigenvalue weighted by atomic mass is 35.5. The smallest absolute Gasteiger partial charge is 0.257 e. The van der Waals surface area contributed by atoms with Gasteiger partial charge in [-0.2, -0.15) is 4.98 Å². The minimum atomic E-state index is 0.386. The molecule has 5 heterocycles. The Morgan fingerprint density at radius 3 is 2.78 bits per heavy atom. The largest absolute Gasteiger partial charge is 0.475 e. The van der Waals surface area contributed by atoms with Crippen LogP contribution in [0.3, 0.4) is 0 Å². The second-order valence-corrected chi connectivity index (χ2v) is 9.77. The number of halogens is 1. The number of morpholine rings is 1. The van der Waals surface area contributed by atoms with Crippen LogP contribution in [0.4, 0.5) is 17.5 Å². The molecule has 10 heteroatoms. The number of aromatic nitrogens is 4. The monoisotopic (exact) mass is 459 g/mol. The van der Waals surface area contributed by atoms with Gasteiger partial charge in [0, 0.05) is 25.2 Å². The van der Waals surface area contributed by atoms with Crippen LogP contribution >= 0.6 is 11.6 Å². The number of hydrogen-bond acceptors (Lipinski definition) is 8. The zero-order valence-electron chi connectivity index (χ0n) is 18.4. The first-order valence-electron chi connectivity index (χ1n) is 11.8. The van der Waals surface area contributed by atoms with Gasteiger partial charge in [-0.25, -0.2) is 4.98 Å². The van der Waals surface area contributed by atoms with Crippen molar-refractivity contribution in [2.45, 2.75) is 69.7 Å². The molecule has 6 rings (SSSR count). The van der Waals surface area contributed by atoms with Gasteiger partial charge in [0.2, 0.25) is 5.95 Å². The summed E-state index contributed by atoms with van der Waals surface area (Å²) in [6.07, 6.45) is 8.82. The summed E-state index contributed by atoms with van der Waals surface area (Å²) in [4.78, 5) is 11.6. The van der Waals surface area contributed by atoms with Crippen molar-refractivity contribution in [1.29, 1.82) is 0 Å². The number of ether oxygens (including phenoxy) is 2. The van der Waals surface area contributed by atoms with Crippen molar-refractivity contribution in [2.24, 2.45) is 0 Å². The maximum absolute atomic E-state index is 6.23. The number of rotatable bonds is 2. The molecule has 4 aliphatic rings. The Bertz CT molecular complexity index is 991. The molecular formula is C22H30ClN7O2. The van der Waals surface area contributed by atoms with Crippen LogP contribution in [-0.4, -0.2) is 69.1 Å². The molecule has 9 nitrogen and oxygen atoms in total. The van der Waals surface area contributed by atoms with E-state index in [9.17, 15) is 0 Å². The molecule has 0 unspecified atom stereocenters. The maximum atomic E-state index is 6.23. The molecule has 32 heavy (non-hydrogen) atoms. The predicted molar refractivity (Wildman–Crippen MR) is 122 cm³/mol. The molecule has 0 amide bonds. The minimum absolute atomic E-state index is 0.386. The zero-order chi connectivity index (χ0) is 21.7. The summed E-state index contributed by atoms with van der Waals surface area (Å²) in [5, 5.41) is 12.0. The summed E-state index contributed by atoms with van der Waals surface area (Å²) in [6.45, 7) is 5.43. The van der Waals surface area contributed by atoms with Crippen molar-refractivity contribution in [3.63, 3.8) is 0 Å². The molecule has 0 aromatic carbocycles. The molecule has 1 saturated carbocycles. The van der Waals surface area contributed by atoms with Crippen molar-refractivity contribution in [3.05, 3.63) is 16.9 Å². The number of anilines is 3. The van der Waals surface area contributed by atoms with E-state index in [-0.39, 0.29) is 0 Å². The fourth-order valence-corrected chi connectivity index (χ4v) is 5.87. The summed E-state index contributed by atoms with van der Waals surface area (Å²) >= 11 is 6.23. The van der Waals surface area contributed by atoms with Gasteiger partial charge in [0.05, 0.1) is 37.3 Å². The molecule has 2 N–H and O–H groups in total. The lowest BCUT2D eigenvalue weighted by Crippen LogP contribution is -2.45. The Labute approximate surface area is 192 Å². The lowest BCUT2D eigenvalue weighted by atomic mass is 9.89. The predicted octanol–water partition coefficient (Wildman–Crippen LogP) is 3.53. The SMILES string of the molecule is Cc1c2c(nn1C1CCC(N3C[C@@H]4C[C@H]3CO4)CC1)OCCCNc1nc(ncc1Cl)N2.